The molecule has 1 fully saturated rings. The molecule has 0 radical (unpaired) electrons. The predicted molar refractivity (Wildman–Crippen MR) is 60.6 cm³/mol. The van der Waals surface area contributed by atoms with Crippen molar-refractivity contribution >= 4 is 5.91 Å². The van der Waals surface area contributed by atoms with Gasteiger partial charge in [0.2, 0.25) is 5.91 Å². The highest BCUT2D eigenvalue weighted by Gasteiger charge is 2.39. The fraction of sp³-hybridized carbons (Fsp3) is 0.462. The van der Waals surface area contributed by atoms with Gasteiger partial charge in [-0.3, -0.25) is 4.79 Å². The van der Waals surface area contributed by atoms with Gasteiger partial charge in [-0.15, -0.1) is 0 Å². The Morgan fingerprint density at radius 1 is 1.33 bits per heavy atom. The molecule has 0 aliphatic heterocycles. The van der Waals surface area contributed by atoms with Crippen LogP contribution in [-0.2, 0) is 4.79 Å². The minimum absolute atomic E-state index is 0.0852. The number of hydrogen-bond acceptors (Lipinski definition) is 1. The quantitative estimate of drug-likeness (QED) is 0.802. The van der Waals surface area contributed by atoms with Crippen molar-refractivity contribution in [1.82, 2.24) is 5.32 Å². The molecule has 2 atom stereocenters. The molecule has 1 amide bonds. The Balaban J connectivity index is 1.89. The fourth-order valence-electron chi connectivity index (χ4n) is 1.77. The Kier molecular flexibility index (Phi) is 2.76. The second-order valence-electron chi connectivity index (χ2n) is 4.52. The summed E-state index contributed by atoms with van der Waals surface area (Å²) in [4.78, 5) is 11.5. The van der Waals surface area contributed by atoms with Crippen LogP contribution < -0.4 is 5.32 Å². The Bertz CT molecular complexity index is 345. The summed E-state index contributed by atoms with van der Waals surface area (Å²) in [5, 5.41) is 3.06. The van der Waals surface area contributed by atoms with E-state index in [-0.39, 0.29) is 11.8 Å². The van der Waals surface area contributed by atoms with E-state index in [0.29, 0.717) is 12.0 Å². The number of amides is 1. The van der Waals surface area contributed by atoms with E-state index in [1.54, 1.807) is 0 Å². The molecule has 0 unspecified atom stereocenters. The summed E-state index contributed by atoms with van der Waals surface area (Å²) < 4.78 is 0. The van der Waals surface area contributed by atoms with Crippen LogP contribution in [0.15, 0.2) is 30.3 Å². The smallest absolute Gasteiger partial charge is 0.222 e. The average molecular weight is 203 g/mol. The lowest BCUT2D eigenvalue weighted by molar-refractivity contribution is -0.124. The van der Waals surface area contributed by atoms with Gasteiger partial charge in [0.15, 0.2) is 0 Å². The van der Waals surface area contributed by atoms with Crippen LogP contribution in [0.3, 0.4) is 0 Å². The van der Waals surface area contributed by atoms with Crippen molar-refractivity contribution in [1.29, 1.82) is 0 Å². The minimum Gasteiger partial charge on any atom is -0.353 e. The number of carbonyl (C=O) groups excluding carboxylic acids is 1. The van der Waals surface area contributed by atoms with Crippen molar-refractivity contribution in [2.45, 2.75) is 32.2 Å². The summed E-state index contributed by atoms with van der Waals surface area (Å²) in [5.41, 5.74) is 1.34. The van der Waals surface area contributed by atoms with Crippen LogP contribution in [0.2, 0.25) is 0 Å². The molecule has 0 saturated heterocycles. The van der Waals surface area contributed by atoms with Gasteiger partial charge in [-0.1, -0.05) is 44.2 Å². The van der Waals surface area contributed by atoms with Crippen LogP contribution in [0.4, 0.5) is 0 Å². The van der Waals surface area contributed by atoms with Gasteiger partial charge in [0.05, 0.1) is 0 Å². The topological polar surface area (TPSA) is 29.1 Å². The van der Waals surface area contributed by atoms with E-state index in [1.165, 1.54) is 5.56 Å². The van der Waals surface area contributed by atoms with Crippen LogP contribution in [0, 0.1) is 5.92 Å². The third kappa shape index (κ3) is 2.38. The molecule has 80 valence electrons. The lowest BCUT2D eigenvalue weighted by Gasteiger charge is -2.06. The SMILES string of the molecule is CC(C)C(=O)N[C@H]1C[C@@H]1c1ccccc1. The highest BCUT2D eigenvalue weighted by Crippen LogP contribution is 2.40. The zero-order valence-corrected chi connectivity index (χ0v) is 9.23. The van der Waals surface area contributed by atoms with Gasteiger partial charge in [0.1, 0.15) is 0 Å². The van der Waals surface area contributed by atoms with Crippen molar-refractivity contribution < 1.29 is 4.79 Å². The second-order valence-corrected chi connectivity index (χ2v) is 4.52. The number of rotatable bonds is 3. The number of benzene rings is 1. The summed E-state index contributed by atoms with van der Waals surface area (Å²) in [6, 6.07) is 10.7. The molecule has 2 heteroatoms. The summed E-state index contributed by atoms with van der Waals surface area (Å²) in [6.45, 7) is 3.85. The van der Waals surface area contributed by atoms with E-state index < -0.39 is 0 Å². The zero-order chi connectivity index (χ0) is 10.8. The maximum Gasteiger partial charge on any atom is 0.222 e. The Morgan fingerprint density at radius 3 is 2.60 bits per heavy atom. The van der Waals surface area contributed by atoms with Gasteiger partial charge < -0.3 is 5.32 Å². The molecule has 2 rings (SSSR count). The van der Waals surface area contributed by atoms with E-state index in [2.05, 4.69) is 29.6 Å². The number of nitrogens with one attached hydrogen (secondary N) is 1. The van der Waals surface area contributed by atoms with Gasteiger partial charge in [0, 0.05) is 17.9 Å². The molecule has 1 aliphatic rings. The first-order valence-corrected chi connectivity index (χ1v) is 5.54. The van der Waals surface area contributed by atoms with Gasteiger partial charge >= 0.3 is 0 Å². The third-order valence-electron chi connectivity index (χ3n) is 2.87. The standard InChI is InChI=1S/C13H17NO/c1-9(2)13(15)14-12-8-11(12)10-6-4-3-5-7-10/h3-7,9,11-12H,8H2,1-2H3,(H,14,15)/t11-,12+/m1/s1. The lowest BCUT2D eigenvalue weighted by Crippen LogP contribution is -2.30. The van der Waals surface area contributed by atoms with Crippen LogP contribution in [0.25, 0.3) is 0 Å². The molecule has 2 nitrogen and oxygen atoms in total. The second kappa shape index (κ2) is 4.05. The summed E-state index contributed by atoms with van der Waals surface area (Å²) in [5.74, 6) is 0.786. The van der Waals surface area contributed by atoms with Crippen molar-refractivity contribution in [3.05, 3.63) is 35.9 Å². The molecule has 0 bridgehead atoms. The molecule has 1 aliphatic carbocycles. The third-order valence-corrected chi connectivity index (χ3v) is 2.87. The van der Waals surface area contributed by atoms with Crippen LogP contribution >= 0.6 is 0 Å². The zero-order valence-electron chi connectivity index (χ0n) is 9.23. The Morgan fingerprint density at radius 2 is 2.00 bits per heavy atom. The van der Waals surface area contributed by atoms with E-state index in [0.717, 1.165) is 6.42 Å². The van der Waals surface area contributed by atoms with Crippen LogP contribution in [0.5, 0.6) is 0 Å². The fourth-order valence-corrected chi connectivity index (χ4v) is 1.77. The lowest BCUT2D eigenvalue weighted by atomic mass is 10.1. The number of carbonyl (C=O) groups is 1. The Labute approximate surface area is 90.7 Å². The van der Waals surface area contributed by atoms with Crippen LogP contribution in [0.1, 0.15) is 31.7 Å². The van der Waals surface area contributed by atoms with E-state index in [4.69, 9.17) is 0 Å². The highest BCUT2D eigenvalue weighted by molar-refractivity contribution is 5.78. The van der Waals surface area contributed by atoms with Gasteiger partial charge in [0.25, 0.3) is 0 Å². The van der Waals surface area contributed by atoms with Crippen molar-refractivity contribution in [2.75, 3.05) is 0 Å². The Hall–Kier alpha value is -1.31. The summed E-state index contributed by atoms with van der Waals surface area (Å²) in [6.07, 6.45) is 1.09. The van der Waals surface area contributed by atoms with Gasteiger partial charge in [-0.2, -0.15) is 0 Å². The predicted octanol–water partition coefficient (Wildman–Crippen LogP) is 2.31. The molecule has 0 spiro atoms. The van der Waals surface area contributed by atoms with Crippen molar-refractivity contribution in [3.8, 4) is 0 Å². The van der Waals surface area contributed by atoms with Gasteiger partial charge in [-0.25, -0.2) is 0 Å². The molecule has 0 aromatic heterocycles. The maximum absolute atomic E-state index is 11.5. The summed E-state index contributed by atoms with van der Waals surface area (Å²) in [7, 11) is 0. The van der Waals surface area contributed by atoms with Crippen molar-refractivity contribution in [2.24, 2.45) is 5.92 Å². The minimum atomic E-state index is 0.0852. The van der Waals surface area contributed by atoms with E-state index in [9.17, 15) is 4.79 Å². The van der Waals surface area contributed by atoms with Crippen LogP contribution in [-0.4, -0.2) is 11.9 Å². The molecule has 1 aromatic carbocycles. The summed E-state index contributed by atoms with van der Waals surface area (Å²) >= 11 is 0. The van der Waals surface area contributed by atoms with Crippen molar-refractivity contribution in [3.63, 3.8) is 0 Å². The monoisotopic (exact) mass is 203 g/mol. The van der Waals surface area contributed by atoms with Gasteiger partial charge in [-0.05, 0) is 12.0 Å². The largest absolute Gasteiger partial charge is 0.353 e. The molecule has 0 heterocycles. The van der Waals surface area contributed by atoms with E-state index in [1.807, 2.05) is 19.9 Å². The molecule has 15 heavy (non-hydrogen) atoms. The molecule has 1 saturated carbocycles. The normalized spacial score (nSPS) is 23.9. The molecular weight excluding hydrogens is 186 g/mol. The first-order chi connectivity index (χ1) is 7.18. The average Bonchev–Trinajstić information content (AvgIpc) is 2.98. The molecule has 1 N–H and O–H groups in total. The number of hydrogen-bond donors (Lipinski definition) is 1. The van der Waals surface area contributed by atoms with E-state index >= 15 is 0 Å². The highest BCUT2D eigenvalue weighted by atomic mass is 16.1. The first-order valence-electron chi connectivity index (χ1n) is 5.54. The molecule has 1 aromatic rings. The molecular formula is C13H17NO. The first kappa shape index (κ1) is 10.2. The maximum atomic E-state index is 11.5.